The molecule has 0 radical (unpaired) electrons. The van der Waals surface area contributed by atoms with E-state index >= 15 is 0 Å². The van der Waals surface area contributed by atoms with Gasteiger partial charge < -0.3 is 23.7 Å². The number of hydrogen-bond acceptors (Lipinski definition) is 9. The first kappa shape index (κ1) is 30.9. The van der Waals surface area contributed by atoms with Gasteiger partial charge in [0, 0.05) is 10.6 Å². The number of carbonyl (C=O) groups is 1. The summed E-state index contributed by atoms with van der Waals surface area (Å²) in [6.07, 6.45) is 1.76. The molecule has 9 nitrogen and oxygen atoms in total. The van der Waals surface area contributed by atoms with Crippen LogP contribution in [-0.2, 0) is 16.1 Å². The summed E-state index contributed by atoms with van der Waals surface area (Å²) in [4.78, 5) is 32.3. The zero-order valence-corrected chi connectivity index (χ0v) is 26.5. The van der Waals surface area contributed by atoms with Crippen LogP contribution >= 0.6 is 22.9 Å². The molecule has 0 fully saturated rings. The summed E-state index contributed by atoms with van der Waals surface area (Å²) in [6.45, 7) is 3.92. The number of nitrogens with zero attached hydrogens (tertiary/aromatic N) is 2. The van der Waals surface area contributed by atoms with Gasteiger partial charge in [0.25, 0.3) is 5.56 Å². The minimum Gasteiger partial charge on any atom is -0.493 e. The molecule has 0 aliphatic carbocycles. The Labute approximate surface area is 263 Å². The van der Waals surface area contributed by atoms with Crippen LogP contribution < -0.4 is 33.8 Å². The summed E-state index contributed by atoms with van der Waals surface area (Å²) < 4.78 is 29.8. The molecule has 2 heterocycles. The summed E-state index contributed by atoms with van der Waals surface area (Å²) in [5, 5.41) is 0.617. The van der Waals surface area contributed by atoms with Gasteiger partial charge in [0.05, 0.1) is 49.8 Å². The molecule has 1 aliphatic heterocycles. The van der Waals surface area contributed by atoms with Crippen molar-refractivity contribution in [3.8, 4) is 23.0 Å². The van der Waals surface area contributed by atoms with Crippen LogP contribution in [0.25, 0.3) is 6.08 Å². The Morgan fingerprint density at radius 2 is 1.68 bits per heavy atom. The Morgan fingerprint density at radius 1 is 0.977 bits per heavy atom. The topological polar surface area (TPSA) is 97.6 Å². The number of hydrogen-bond donors (Lipinski definition) is 0. The Morgan fingerprint density at radius 3 is 2.39 bits per heavy atom. The van der Waals surface area contributed by atoms with Gasteiger partial charge in [-0.05, 0) is 61.4 Å². The number of thiazole rings is 1. The van der Waals surface area contributed by atoms with E-state index in [0.717, 1.165) is 11.1 Å². The van der Waals surface area contributed by atoms with Crippen molar-refractivity contribution >= 4 is 35.0 Å². The van der Waals surface area contributed by atoms with E-state index in [1.807, 2.05) is 30.3 Å². The molecule has 0 saturated heterocycles. The van der Waals surface area contributed by atoms with Crippen molar-refractivity contribution in [1.29, 1.82) is 0 Å². The minimum atomic E-state index is -0.789. The number of esters is 1. The van der Waals surface area contributed by atoms with Crippen LogP contribution in [-0.4, -0.2) is 38.5 Å². The van der Waals surface area contributed by atoms with Crippen molar-refractivity contribution in [2.45, 2.75) is 26.5 Å². The first-order valence-electron chi connectivity index (χ1n) is 13.7. The highest BCUT2D eigenvalue weighted by molar-refractivity contribution is 7.07. The van der Waals surface area contributed by atoms with E-state index in [1.54, 1.807) is 64.5 Å². The fourth-order valence-corrected chi connectivity index (χ4v) is 6.18. The summed E-state index contributed by atoms with van der Waals surface area (Å²) in [7, 11) is 4.63. The molecule has 4 aromatic rings. The Balaban J connectivity index is 1.57. The highest BCUT2D eigenvalue weighted by atomic mass is 35.5. The largest absolute Gasteiger partial charge is 0.493 e. The quantitative estimate of drug-likeness (QED) is 0.225. The van der Waals surface area contributed by atoms with Gasteiger partial charge in [-0.2, -0.15) is 0 Å². The molecule has 3 aromatic carbocycles. The maximum Gasteiger partial charge on any atom is 0.338 e. The molecule has 1 atom stereocenters. The number of ether oxygens (including phenoxy) is 5. The zero-order chi connectivity index (χ0) is 31.4. The molecule has 0 bridgehead atoms. The van der Waals surface area contributed by atoms with Crippen molar-refractivity contribution in [2.24, 2.45) is 4.99 Å². The lowest BCUT2D eigenvalue weighted by molar-refractivity contribution is -0.139. The fourth-order valence-electron chi connectivity index (χ4n) is 4.95. The van der Waals surface area contributed by atoms with Gasteiger partial charge in [0.15, 0.2) is 27.8 Å². The number of benzene rings is 3. The number of fused-ring (bicyclic) bond motifs is 1. The maximum atomic E-state index is 14.0. The minimum absolute atomic E-state index is 0.179. The lowest BCUT2D eigenvalue weighted by Gasteiger charge is -2.25. The molecule has 5 rings (SSSR count). The van der Waals surface area contributed by atoms with E-state index in [1.165, 1.54) is 23.0 Å². The standard InChI is InChI=1S/C33H31ClN2O7S/c1-6-42-32(38)29-19(2)35-33-36(30(29)21-12-14-24(39-3)27(17-21)41-5)31(37)28(44-33)16-20-11-13-25(26(15-20)40-4)43-18-22-9-7-8-10-23(22)34/h7-17,30H,6,18H2,1-5H3/b28-16-/t30-/m1/s1. The van der Waals surface area contributed by atoms with Gasteiger partial charge >= 0.3 is 5.97 Å². The zero-order valence-electron chi connectivity index (χ0n) is 24.9. The second-order valence-corrected chi connectivity index (χ2v) is 11.1. The molecular formula is C33H31ClN2O7S. The van der Waals surface area contributed by atoms with E-state index in [4.69, 9.17) is 35.3 Å². The molecule has 0 N–H and O–H groups in total. The third kappa shape index (κ3) is 6.09. The number of methoxy groups -OCH3 is 3. The van der Waals surface area contributed by atoms with Crippen molar-refractivity contribution in [3.63, 3.8) is 0 Å². The summed E-state index contributed by atoms with van der Waals surface area (Å²) in [5.74, 6) is 1.49. The molecule has 0 unspecified atom stereocenters. The van der Waals surface area contributed by atoms with Crippen molar-refractivity contribution < 1.29 is 28.5 Å². The molecule has 44 heavy (non-hydrogen) atoms. The van der Waals surface area contributed by atoms with Gasteiger partial charge in [-0.1, -0.05) is 53.3 Å². The third-order valence-corrected chi connectivity index (χ3v) is 8.42. The summed E-state index contributed by atoms with van der Waals surface area (Å²) >= 11 is 7.50. The van der Waals surface area contributed by atoms with Crippen molar-refractivity contribution in [2.75, 3.05) is 27.9 Å². The van der Waals surface area contributed by atoms with Gasteiger partial charge in [-0.15, -0.1) is 0 Å². The molecule has 228 valence electrons. The van der Waals surface area contributed by atoms with Crippen LogP contribution in [0.1, 0.15) is 36.6 Å². The third-order valence-electron chi connectivity index (χ3n) is 7.07. The van der Waals surface area contributed by atoms with E-state index < -0.39 is 12.0 Å². The molecule has 0 saturated carbocycles. The van der Waals surface area contributed by atoms with Crippen LogP contribution in [0.2, 0.25) is 5.02 Å². The second kappa shape index (κ2) is 13.4. The van der Waals surface area contributed by atoms with Gasteiger partial charge in [0.1, 0.15) is 6.61 Å². The maximum absolute atomic E-state index is 14.0. The Bertz CT molecular complexity index is 1930. The average Bonchev–Trinajstić information content (AvgIpc) is 3.33. The molecule has 1 aliphatic rings. The number of rotatable bonds is 10. The van der Waals surface area contributed by atoms with Crippen molar-refractivity contribution in [3.05, 3.63) is 113 Å². The summed E-state index contributed by atoms with van der Waals surface area (Å²) in [5.41, 5.74) is 2.66. The molecule has 11 heteroatoms. The van der Waals surface area contributed by atoms with E-state index in [9.17, 15) is 9.59 Å². The number of carbonyl (C=O) groups excluding carboxylic acids is 1. The predicted molar refractivity (Wildman–Crippen MR) is 169 cm³/mol. The van der Waals surface area contributed by atoms with Gasteiger partial charge in [-0.3, -0.25) is 9.36 Å². The van der Waals surface area contributed by atoms with Crippen LogP contribution in [0.3, 0.4) is 0 Å². The first-order chi connectivity index (χ1) is 21.3. The lowest BCUT2D eigenvalue weighted by Crippen LogP contribution is -2.39. The Kier molecular flexibility index (Phi) is 9.41. The number of allylic oxidation sites excluding steroid dienone is 1. The molecule has 0 amide bonds. The lowest BCUT2D eigenvalue weighted by atomic mass is 9.95. The van der Waals surface area contributed by atoms with Gasteiger partial charge in [-0.25, -0.2) is 9.79 Å². The SMILES string of the molecule is CCOC(=O)C1=C(C)N=c2s/c(=C\c3ccc(OCc4ccccc4Cl)c(OC)c3)c(=O)n2[C@@H]1c1ccc(OC)c(OC)c1. The smallest absolute Gasteiger partial charge is 0.338 e. The molecular weight excluding hydrogens is 604 g/mol. The number of halogens is 1. The van der Waals surface area contributed by atoms with Crippen LogP contribution in [0.15, 0.2) is 81.7 Å². The van der Waals surface area contributed by atoms with E-state index in [-0.39, 0.29) is 24.3 Å². The van der Waals surface area contributed by atoms with E-state index in [0.29, 0.717) is 48.6 Å². The fraction of sp³-hybridized carbons (Fsp3) is 0.242. The Hall–Kier alpha value is -4.54. The highest BCUT2D eigenvalue weighted by Gasteiger charge is 2.34. The first-order valence-corrected chi connectivity index (χ1v) is 14.9. The van der Waals surface area contributed by atoms with Crippen LogP contribution in [0.5, 0.6) is 23.0 Å². The highest BCUT2D eigenvalue weighted by Crippen LogP contribution is 2.36. The van der Waals surface area contributed by atoms with Crippen LogP contribution in [0.4, 0.5) is 0 Å². The number of aromatic nitrogens is 1. The van der Waals surface area contributed by atoms with E-state index in [2.05, 4.69) is 4.99 Å². The van der Waals surface area contributed by atoms with Crippen molar-refractivity contribution in [1.82, 2.24) is 4.57 Å². The predicted octanol–water partition coefficient (Wildman–Crippen LogP) is 5.06. The monoisotopic (exact) mass is 634 g/mol. The second-order valence-electron chi connectivity index (χ2n) is 9.71. The average molecular weight is 635 g/mol. The van der Waals surface area contributed by atoms with Crippen LogP contribution in [0, 0.1) is 0 Å². The van der Waals surface area contributed by atoms with Gasteiger partial charge in [0.2, 0.25) is 0 Å². The molecule has 0 spiro atoms. The molecule has 1 aromatic heterocycles. The normalized spacial score (nSPS) is 14.5. The summed E-state index contributed by atoms with van der Waals surface area (Å²) in [6, 6.07) is 17.4.